The van der Waals surface area contributed by atoms with Gasteiger partial charge < -0.3 is 4.74 Å². The monoisotopic (exact) mass is 311 g/mol. The Balaban J connectivity index is 2.19. The minimum absolute atomic E-state index is 0.206. The van der Waals surface area contributed by atoms with Crippen molar-refractivity contribution >= 4 is 46.3 Å². The Morgan fingerprint density at radius 1 is 1.45 bits per heavy atom. The molecule has 0 unspecified atom stereocenters. The van der Waals surface area contributed by atoms with Gasteiger partial charge in [0.2, 0.25) is 0 Å². The Labute approximate surface area is 124 Å². The van der Waals surface area contributed by atoms with E-state index in [1.807, 2.05) is 0 Å². The summed E-state index contributed by atoms with van der Waals surface area (Å²) in [6, 6.07) is 5.73. The third-order valence-electron chi connectivity index (χ3n) is 2.56. The summed E-state index contributed by atoms with van der Waals surface area (Å²) in [6.45, 7) is -0.206. The van der Waals surface area contributed by atoms with Crippen molar-refractivity contribution in [3.05, 3.63) is 40.6 Å². The molecule has 0 N–H and O–H groups in total. The lowest BCUT2D eigenvalue weighted by atomic mass is 10.2. The molecule has 1 aliphatic rings. The molecular formula is C13H10FNO3S2. The maximum atomic E-state index is 12.8. The summed E-state index contributed by atoms with van der Waals surface area (Å²) in [6.07, 6.45) is 1.61. The average molecular weight is 311 g/mol. The number of hydrogen-bond acceptors (Lipinski definition) is 5. The molecule has 0 bridgehead atoms. The Bertz CT molecular complexity index is 598. The highest BCUT2D eigenvalue weighted by molar-refractivity contribution is 8.26. The molecule has 0 saturated carbocycles. The number of thioether (sulfide) groups is 1. The molecule has 1 aliphatic heterocycles. The van der Waals surface area contributed by atoms with E-state index < -0.39 is 5.97 Å². The van der Waals surface area contributed by atoms with Crippen LogP contribution in [0, 0.1) is 5.82 Å². The van der Waals surface area contributed by atoms with E-state index in [2.05, 4.69) is 4.74 Å². The van der Waals surface area contributed by atoms with Gasteiger partial charge in [0.25, 0.3) is 5.91 Å². The number of hydrogen-bond donors (Lipinski definition) is 0. The van der Waals surface area contributed by atoms with E-state index in [0.717, 1.165) is 11.8 Å². The molecule has 0 atom stereocenters. The van der Waals surface area contributed by atoms with E-state index in [9.17, 15) is 14.0 Å². The van der Waals surface area contributed by atoms with Crippen LogP contribution in [0.2, 0.25) is 0 Å². The number of amides is 1. The Kier molecular flexibility index (Phi) is 4.51. The first-order valence-electron chi connectivity index (χ1n) is 5.59. The van der Waals surface area contributed by atoms with Crippen LogP contribution in [0.25, 0.3) is 6.08 Å². The highest BCUT2D eigenvalue weighted by Crippen LogP contribution is 2.32. The molecule has 1 saturated heterocycles. The van der Waals surface area contributed by atoms with Crippen molar-refractivity contribution in [3.8, 4) is 0 Å². The van der Waals surface area contributed by atoms with Gasteiger partial charge in [-0.1, -0.05) is 36.1 Å². The molecule has 0 aliphatic carbocycles. The maximum absolute atomic E-state index is 12.8. The van der Waals surface area contributed by atoms with Crippen LogP contribution in [0.3, 0.4) is 0 Å². The molecular weight excluding hydrogens is 301 g/mol. The number of ether oxygens (including phenoxy) is 1. The molecule has 1 fully saturated rings. The van der Waals surface area contributed by atoms with Crippen molar-refractivity contribution in [1.29, 1.82) is 0 Å². The van der Waals surface area contributed by atoms with Crippen LogP contribution >= 0.6 is 24.0 Å². The van der Waals surface area contributed by atoms with Gasteiger partial charge in [-0.25, -0.2) is 4.39 Å². The first kappa shape index (κ1) is 14.7. The van der Waals surface area contributed by atoms with Gasteiger partial charge in [-0.2, -0.15) is 0 Å². The number of thiocarbonyl (C=S) groups is 1. The van der Waals surface area contributed by atoms with E-state index in [1.54, 1.807) is 18.2 Å². The summed E-state index contributed by atoms with van der Waals surface area (Å²) in [4.78, 5) is 24.9. The molecule has 0 radical (unpaired) electrons. The molecule has 0 aromatic heterocycles. The third kappa shape index (κ3) is 3.23. The van der Waals surface area contributed by atoms with Crippen molar-refractivity contribution in [2.75, 3.05) is 13.7 Å². The highest BCUT2D eigenvalue weighted by Gasteiger charge is 2.33. The van der Waals surface area contributed by atoms with Gasteiger partial charge >= 0.3 is 5.97 Å². The maximum Gasteiger partial charge on any atom is 0.325 e. The number of methoxy groups -OCH3 is 1. The molecule has 1 aromatic carbocycles. The number of halogens is 1. The fourth-order valence-electron chi connectivity index (χ4n) is 1.54. The van der Waals surface area contributed by atoms with Crippen LogP contribution in [0.1, 0.15) is 5.56 Å². The highest BCUT2D eigenvalue weighted by atomic mass is 32.2. The molecule has 20 heavy (non-hydrogen) atoms. The molecule has 4 nitrogen and oxygen atoms in total. The summed E-state index contributed by atoms with van der Waals surface area (Å²) in [7, 11) is 1.24. The minimum atomic E-state index is -0.538. The number of rotatable bonds is 3. The van der Waals surface area contributed by atoms with Crippen LogP contribution in [-0.4, -0.2) is 34.8 Å². The average Bonchev–Trinajstić information content (AvgIpc) is 2.69. The summed E-state index contributed by atoms with van der Waals surface area (Å²) in [5.41, 5.74) is 0.685. The quantitative estimate of drug-likeness (QED) is 0.486. The van der Waals surface area contributed by atoms with E-state index in [0.29, 0.717) is 14.8 Å². The van der Waals surface area contributed by atoms with Crippen LogP contribution in [0.5, 0.6) is 0 Å². The van der Waals surface area contributed by atoms with Crippen molar-refractivity contribution in [2.24, 2.45) is 0 Å². The lowest BCUT2D eigenvalue weighted by molar-refractivity contribution is -0.143. The van der Waals surface area contributed by atoms with Gasteiger partial charge in [-0.3, -0.25) is 14.5 Å². The van der Waals surface area contributed by atoms with Gasteiger partial charge in [-0.15, -0.1) is 0 Å². The molecule has 7 heteroatoms. The Morgan fingerprint density at radius 2 is 2.10 bits per heavy atom. The molecule has 0 spiro atoms. The van der Waals surface area contributed by atoms with Gasteiger partial charge in [0, 0.05) is 0 Å². The van der Waals surface area contributed by atoms with Crippen molar-refractivity contribution in [3.63, 3.8) is 0 Å². The van der Waals surface area contributed by atoms with Gasteiger partial charge in [0.15, 0.2) is 0 Å². The molecule has 104 valence electrons. The SMILES string of the molecule is COC(=O)CN1C(=O)/C(=C\c2ccc(F)cc2)SC1=S. The van der Waals surface area contributed by atoms with Crippen LogP contribution in [0.15, 0.2) is 29.2 Å². The predicted molar refractivity (Wildman–Crippen MR) is 78.3 cm³/mol. The van der Waals surface area contributed by atoms with Crippen molar-refractivity contribution in [1.82, 2.24) is 4.90 Å². The number of benzene rings is 1. The van der Waals surface area contributed by atoms with Gasteiger partial charge in [0.1, 0.15) is 16.7 Å². The summed E-state index contributed by atoms with van der Waals surface area (Å²) in [5, 5.41) is 0. The number of nitrogens with zero attached hydrogens (tertiary/aromatic N) is 1. The van der Waals surface area contributed by atoms with E-state index >= 15 is 0 Å². The van der Waals surface area contributed by atoms with Crippen LogP contribution < -0.4 is 0 Å². The number of esters is 1. The van der Waals surface area contributed by atoms with E-state index in [-0.39, 0.29) is 18.3 Å². The normalized spacial score (nSPS) is 16.9. The zero-order valence-corrected chi connectivity index (χ0v) is 12.1. The first-order valence-corrected chi connectivity index (χ1v) is 6.81. The second kappa shape index (κ2) is 6.15. The van der Waals surface area contributed by atoms with Crippen LogP contribution in [-0.2, 0) is 14.3 Å². The Hall–Kier alpha value is -1.73. The van der Waals surface area contributed by atoms with E-state index in [4.69, 9.17) is 12.2 Å². The standard InChI is InChI=1S/C13H10FNO3S2/c1-18-11(16)7-15-12(17)10(20-13(15)19)6-8-2-4-9(14)5-3-8/h2-6H,7H2,1H3/b10-6+. The molecule has 1 amide bonds. The van der Waals surface area contributed by atoms with Crippen LogP contribution in [0.4, 0.5) is 4.39 Å². The number of carbonyl (C=O) groups excluding carboxylic acids is 2. The summed E-state index contributed by atoms with van der Waals surface area (Å²) < 4.78 is 17.6. The van der Waals surface area contributed by atoms with Gasteiger partial charge in [-0.05, 0) is 23.8 Å². The second-order valence-corrected chi connectivity index (χ2v) is 5.57. The Morgan fingerprint density at radius 3 is 2.70 bits per heavy atom. The first-order chi connectivity index (χ1) is 9.51. The smallest absolute Gasteiger partial charge is 0.325 e. The zero-order valence-electron chi connectivity index (χ0n) is 10.5. The van der Waals surface area contributed by atoms with E-state index in [1.165, 1.54) is 24.1 Å². The fraction of sp³-hybridized carbons (Fsp3) is 0.154. The summed E-state index contributed by atoms with van der Waals surface area (Å²) >= 11 is 6.16. The van der Waals surface area contributed by atoms with Crippen molar-refractivity contribution < 1.29 is 18.7 Å². The van der Waals surface area contributed by atoms with Gasteiger partial charge in [0.05, 0.1) is 12.0 Å². The lowest BCUT2D eigenvalue weighted by Gasteiger charge is -2.11. The van der Waals surface area contributed by atoms with Crippen molar-refractivity contribution in [2.45, 2.75) is 0 Å². The largest absolute Gasteiger partial charge is 0.468 e. The third-order valence-corrected chi connectivity index (χ3v) is 3.93. The lowest BCUT2D eigenvalue weighted by Crippen LogP contribution is -2.33. The number of carbonyl (C=O) groups is 2. The molecule has 2 rings (SSSR count). The molecule has 1 heterocycles. The topological polar surface area (TPSA) is 46.6 Å². The fourth-order valence-corrected chi connectivity index (χ4v) is 2.80. The predicted octanol–water partition coefficient (Wildman–Crippen LogP) is 2.20. The zero-order chi connectivity index (χ0) is 14.7. The molecule has 1 aromatic rings. The minimum Gasteiger partial charge on any atom is -0.468 e. The summed E-state index contributed by atoms with van der Waals surface area (Å²) in [5.74, 6) is -1.24. The second-order valence-electron chi connectivity index (χ2n) is 3.90.